The van der Waals surface area contributed by atoms with Gasteiger partial charge < -0.3 is 9.80 Å². The molecule has 0 bridgehead atoms. The van der Waals surface area contributed by atoms with Gasteiger partial charge in [0.05, 0.1) is 23.0 Å². The Balaban J connectivity index is 1.39. The van der Waals surface area contributed by atoms with Crippen LogP contribution in [0.5, 0.6) is 0 Å². The molecule has 0 unspecified atom stereocenters. The predicted molar refractivity (Wildman–Crippen MR) is 115 cm³/mol. The first-order valence-corrected chi connectivity index (χ1v) is 11.0. The summed E-state index contributed by atoms with van der Waals surface area (Å²) in [4.78, 5) is 13.4. The van der Waals surface area contributed by atoms with Crippen molar-refractivity contribution in [1.82, 2.24) is 9.97 Å². The highest BCUT2D eigenvalue weighted by atomic mass is 32.2. The maximum Gasteiger partial charge on any atom is 0.261 e. The van der Waals surface area contributed by atoms with Crippen molar-refractivity contribution in [2.45, 2.75) is 11.8 Å². The van der Waals surface area contributed by atoms with Crippen molar-refractivity contribution in [2.24, 2.45) is 0 Å². The largest absolute Gasteiger partial charge is 0.368 e. The van der Waals surface area contributed by atoms with Gasteiger partial charge in [-0.15, -0.1) is 0 Å². The number of aromatic nitrogens is 2. The minimum atomic E-state index is -3.66. The van der Waals surface area contributed by atoms with Gasteiger partial charge in [-0.05, 0) is 31.2 Å². The molecule has 4 rings (SSSR count). The van der Waals surface area contributed by atoms with Crippen LogP contribution in [-0.2, 0) is 10.0 Å². The van der Waals surface area contributed by atoms with E-state index in [4.69, 9.17) is 0 Å². The Morgan fingerprint density at radius 2 is 1.41 bits per heavy atom. The van der Waals surface area contributed by atoms with Crippen LogP contribution < -0.4 is 14.5 Å². The van der Waals surface area contributed by atoms with Crippen LogP contribution in [0.1, 0.15) is 5.56 Å². The second kappa shape index (κ2) is 8.08. The lowest BCUT2D eigenvalue weighted by Crippen LogP contribution is -2.47. The average Bonchev–Trinajstić information content (AvgIpc) is 2.75. The normalized spacial score (nSPS) is 14.7. The maximum absolute atomic E-state index is 12.5. The van der Waals surface area contributed by atoms with Gasteiger partial charge in [-0.1, -0.05) is 35.9 Å². The molecule has 0 amide bonds. The van der Waals surface area contributed by atoms with E-state index in [1.54, 1.807) is 24.3 Å². The van der Waals surface area contributed by atoms with E-state index in [1.165, 1.54) is 18.1 Å². The second-order valence-electron chi connectivity index (χ2n) is 7.00. The van der Waals surface area contributed by atoms with E-state index >= 15 is 0 Å². The van der Waals surface area contributed by atoms with Gasteiger partial charge in [-0.25, -0.2) is 18.4 Å². The molecule has 1 saturated heterocycles. The van der Waals surface area contributed by atoms with E-state index in [9.17, 15) is 8.42 Å². The smallest absolute Gasteiger partial charge is 0.261 e. The quantitative estimate of drug-likeness (QED) is 0.698. The Morgan fingerprint density at radius 1 is 0.828 bits per heavy atom. The Hall–Kier alpha value is -3.13. The molecule has 1 N–H and O–H groups in total. The SMILES string of the molecule is Cc1ccc(S(=O)(=O)Nc2cnc(N3CCN(c4ccccc4)CC3)nc2)cc1. The lowest BCUT2D eigenvalue weighted by atomic mass is 10.2. The summed E-state index contributed by atoms with van der Waals surface area (Å²) in [6, 6.07) is 17.0. The molecule has 7 nitrogen and oxygen atoms in total. The van der Waals surface area contributed by atoms with Gasteiger partial charge in [0.1, 0.15) is 0 Å². The number of hydrogen-bond acceptors (Lipinski definition) is 6. The zero-order valence-electron chi connectivity index (χ0n) is 16.2. The van der Waals surface area contributed by atoms with Gasteiger partial charge in [-0.2, -0.15) is 0 Å². The molecule has 0 spiro atoms. The first-order valence-electron chi connectivity index (χ1n) is 9.48. The number of benzene rings is 2. The maximum atomic E-state index is 12.5. The third-order valence-electron chi connectivity index (χ3n) is 4.91. The molecule has 8 heteroatoms. The Labute approximate surface area is 171 Å². The number of aryl methyl sites for hydroxylation is 1. The molecule has 0 radical (unpaired) electrons. The molecule has 29 heavy (non-hydrogen) atoms. The van der Waals surface area contributed by atoms with Crippen molar-refractivity contribution in [1.29, 1.82) is 0 Å². The van der Waals surface area contributed by atoms with Crippen LogP contribution >= 0.6 is 0 Å². The number of nitrogens with zero attached hydrogens (tertiary/aromatic N) is 4. The third kappa shape index (κ3) is 4.48. The molecule has 1 aromatic heterocycles. The van der Waals surface area contributed by atoms with E-state index in [1.807, 2.05) is 25.1 Å². The van der Waals surface area contributed by atoms with E-state index in [2.05, 4.69) is 36.6 Å². The number of sulfonamides is 1. The molecular weight excluding hydrogens is 386 g/mol. The Kier molecular flexibility index (Phi) is 5.35. The highest BCUT2D eigenvalue weighted by Gasteiger charge is 2.20. The number of nitrogens with one attached hydrogen (secondary N) is 1. The fourth-order valence-electron chi connectivity index (χ4n) is 3.27. The molecule has 1 aliphatic heterocycles. The molecule has 1 aliphatic rings. The van der Waals surface area contributed by atoms with Crippen LogP contribution in [-0.4, -0.2) is 44.6 Å². The lowest BCUT2D eigenvalue weighted by Gasteiger charge is -2.36. The van der Waals surface area contributed by atoms with Gasteiger partial charge in [-0.3, -0.25) is 4.72 Å². The lowest BCUT2D eigenvalue weighted by molar-refractivity contribution is 0.601. The average molecular weight is 410 g/mol. The number of anilines is 3. The second-order valence-corrected chi connectivity index (χ2v) is 8.68. The first-order chi connectivity index (χ1) is 14.0. The van der Waals surface area contributed by atoms with Crippen LogP contribution in [0.2, 0.25) is 0 Å². The Morgan fingerprint density at radius 3 is 2.03 bits per heavy atom. The minimum absolute atomic E-state index is 0.212. The molecule has 3 aromatic rings. The van der Waals surface area contributed by atoms with Crippen molar-refractivity contribution in [3.8, 4) is 0 Å². The fraction of sp³-hybridized carbons (Fsp3) is 0.238. The molecule has 2 aromatic carbocycles. The number of para-hydroxylation sites is 1. The van der Waals surface area contributed by atoms with E-state index in [-0.39, 0.29) is 4.90 Å². The standard InChI is InChI=1S/C21H23N5O2S/c1-17-7-9-20(10-8-17)29(27,28)24-18-15-22-21(23-16-18)26-13-11-25(12-14-26)19-5-3-2-4-6-19/h2-10,15-16,24H,11-14H2,1H3. The summed E-state index contributed by atoms with van der Waals surface area (Å²) >= 11 is 0. The van der Waals surface area contributed by atoms with Crippen LogP contribution in [0, 0.1) is 6.92 Å². The van der Waals surface area contributed by atoms with Crippen molar-refractivity contribution < 1.29 is 8.42 Å². The van der Waals surface area contributed by atoms with Crippen molar-refractivity contribution >= 4 is 27.3 Å². The summed E-state index contributed by atoms with van der Waals surface area (Å²) in [5.41, 5.74) is 2.56. The summed E-state index contributed by atoms with van der Waals surface area (Å²) < 4.78 is 27.5. The molecule has 0 saturated carbocycles. The van der Waals surface area contributed by atoms with Gasteiger partial charge in [0.2, 0.25) is 5.95 Å². The fourth-order valence-corrected chi connectivity index (χ4v) is 4.30. The zero-order chi connectivity index (χ0) is 20.3. The molecule has 2 heterocycles. The van der Waals surface area contributed by atoms with Crippen molar-refractivity contribution in [3.05, 3.63) is 72.6 Å². The third-order valence-corrected chi connectivity index (χ3v) is 6.30. The Bertz CT molecular complexity index is 1050. The van der Waals surface area contributed by atoms with E-state index in [0.29, 0.717) is 11.6 Å². The molecule has 0 atom stereocenters. The summed E-state index contributed by atoms with van der Waals surface area (Å²) in [7, 11) is -3.66. The highest BCUT2D eigenvalue weighted by Crippen LogP contribution is 2.20. The van der Waals surface area contributed by atoms with Gasteiger partial charge >= 0.3 is 0 Å². The molecule has 150 valence electrons. The minimum Gasteiger partial charge on any atom is -0.368 e. The molecule has 0 aliphatic carbocycles. The first kappa shape index (κ1) is 19.2. The number of piperazine rings is 1. The topological polar surface area (TPSA) is 78.4 Å². The summed E-state index contributed by atoms with van der Waals surface area (Å²) in [5, 5.41) is 0. The van der Waals surface area contributed by atoms with Gasteiger partial charge in [0, 0.05) is 31.9 Å². The predicted octanol–water partition coefficient (Wildman–Crippen LogP) is 2.91. The summed E-state index contributed by atoms with van der Waals surface area (Å²) in [6.45, 7) is 5.30. The van der Waals surface area contributed by atoms with Crippen LogP contribution in [0.4, 0.5) is 17.3 Å². The molecule has 1 fully saturated rings. The van der Waals surface area contributed by atoms with Crippen LogP contribution in [0.3, 0.4) is 0 Å². The summed E-state index contributed by atoms with van der Waals surface area (Å²) in [6.07, 6.45) is 3.02. The van der Waals surface area contributed by atoms with Crippen LogP contribution in [0.25, 0.3) is 0 Å². The van der Waals surface area contributed by atoms with Crippen molar-refractivity contribution in [2.75, 3.05) is 40.7 Å². The zero-order valence-corrected chi connectivity index (χ0v) is 17.0. The highest BCUT2D eigenvalue weighted by molar-refractivity contribution is 7.92. The van der Waals surface area contributed by atoms with Crippen molar-refractivity contribution in [3.63, 3.8) is 0 Å². The monoisotopic (exact) mass is 409 g/mol. The van der Waals surface area contributed by atoms with Gasteiger partial charge in [0.15, 0.2) is 0 Å². The molecular formula is C21H23N5O2S. The van der Waals surface area contributed by atoms with E-state index < -0.39 is 10.0 Å². The van der Waals surface area contributed by atoms with E-state index in [0.717, 1.165) is 31.7 Å². The number of hydrogen-bond donors (Lipinski definition) is 1. The van der Waals surface area contributed by atoms with Crippen LogP contribution in [0.15, 0.2) is 71.9 Å². The van der Waals surface area contributed by atoms with Gasteiger partial charge in [0.25, 0.3) is 10.0 Å². The summed E-state index contributed by atoms with van der Waals surface area (Å²) in [5.74, 6) is 0.607. The number of rotatable bonds is 5.